The van der Waals surface area contributed by atoms with Crippen LogP contribution in [-0.2, 0) is 15.7 Å². The molecule has 2 aromatic rings. The van der Waals surface area contributed by atoms with Gasteiger partial charge in [-0.1, -0.05) is 26.8 Å². The van der Waals surface area contributed by atoms with Crippen LogP contribution in [0.1, 0.15) is 32.8 Å². The summed E-state index contributed by atoms with van der Waals surface area (Å²) < 4.78 is 43.6. The Kier molecular flexibility index (Phi) is 5.49. The quantitative estimate of drug-likeness (QED) is 0.564. The Bertz CT molecular complexity index is 1070. The van der Waals surface area contributed by atoms with Crippen LogP contribution < -0.4 is 0 Å². The van der Waals surface area contributed by atoms with Crippen molar-refractivity contribution in [2.24, 2.45) is 11.3 Å². The van der Waals surface area contributed by atoms with Gasteiger partial charge in [0.15, 0.2) is 0 Å². The number of methoxy groups -OCH3 is 1. The van der Waals surface area contributed by atoms with E-state index in [9.17, 15) is 23.1 Å². The van der Waals surface area contributed by atoms with Gasteiger partial charge in [-0.2, -0.15) is 13.2 Å². The van der Waals surface area contributed by atoms with Crippen molar-refractivity contribution in [3.05, 3.63) is 53.3 Å². The molecule has 0 bridgehead atoms. The molecule has 3 rings (SSSR count). The second-order valence-corrected chi connectivity index (χ2v) is 8.07. The average Bonchev–Trinajstić information content (AvgIpc) is 3.08. The number of nitrogens with zero attached hydrogens (tertiary/aromatic N) is 3. The van der Waals surface area contributed by atoms with E-state index >= 15 is 0 Å². The summed E-state index contributed by atoms with van der Waals surface area (Å²) in [6.45, 7) is 5.81. The maximum atomic E-state index is 13.0. The summed E-state index contributed by atoms with van der Waals surface area (Å²) in [5.41, 5.74) is 0.0714. The van der Waals surface area contributed by atoms with Crippen LogP contribution >= 0.6 is 0 Å². The monoisotopic (exact) mass is 421 g/mol. The van der Waals surface area contributed by atoms with Gasteiger partial charge in [-0.05, 0) is 41.7 Å². The number of aliphatic hydroxyl groups excluding tert-OH is 1. The Balaban J connectivity index is 2.09. The standard InChI is InChI=1S/C21H22F3N3O3/c1-20(2,3)14-9-12(5-8-18(28)30-4)10-17(19(14)29)27-25-15-7-6-13(21(22,23)24)11-16(15)26-27/h5-8,10-12,29H,9H2,1-4H3. The Labute approximate surface area is 171 Å². The first-order valence-electron chi connectivity index (χ1n) is 9.26. The van der Waals surface area contributed by atoms with Crippen LogP contribution in [0.2, 0.25) is 0 Å². The number of allylic oxidation sites excluding steroid dienone is 4. The fourth-order valence-electron chi connectivity index (χ4n) is 3.24. The first kappa shape index (κ1) is 21.6. The molecule has 9 heteroatoms. The number of alkyl halides is 3. The summed E-state index contributed by atoms with van der Waals surface area (Å²) in [7, 11) is 1.27. The molecule has 1 atom stereocenters. The van der Waals surface area contributed by atoms with Gasteiger partial charge in [-0.25, -0.2) is 4.79 Å². The van der Waals surface area contributed by atoms with Crippen LogP contribution in [0, 0.1) is 11.3 Å². The number of esters is 1. The van der Waals surface area contributed by atoms with Gasteiger partial charge in [0.25, 0.3) is 0 Å². The van der Waals surface area contributed by atoms with Crippen molar-refractivity contribution >= 4 is 22.7 Å². The lowest BCUT2D eigenvalue weighted by Gasteiger charge is -2.30. The number of aromatic nitrogens is 3. The average molecular weight is 421 g/mol. The maximum absolute atomic E-state index is 13.0. The number of carbonyl (C=O) groups is 1. The van der Waals surface area contributed by atoms with Gasteiger partial charge in [0.2, 0.25) is 0 Å². The van der Waals surface area contributed by atoms with Gasteiger partial charge in [-0.15, -0.1) is 15.0 Å². The third-order valence-electron chi connectivity index (χ3n) is 4.85. The second-order valence-electron chi connectivity index (χ2n) is 8.07. The summed E-state index contributed by atoms with van der Waals surface area (Å²) >= 11 is 0. The fraction of sp³-hybridized carbons (Fsp3) is 0.381. The number of benzene rings is 1. The van der Waals surface area contributed by atoms with Crippen molar-refractivity contribution < 1.29 is 27.8 Å². The van der Waals surface area contributed by atoms with Gasteiger partial charge >= 0.3 is 12.1 Å². The zero-order chi connectivity index (χ0) is 22.3. The number of fused-ring (bicyclic) bond motifs is 1. The van der Waals surface area contributed by atoms with Gasteiger partial charge in [0.05, 0.1) is 12.7 Å². The van der Waals surface area contributed by atoms with E-state index < -0.39 is 23.1 Å². The van der Waals surface area contributed by atoms with Crippen molar-refractivity contribution in [2.45, 2.75) is 33.4 Å². The molecule has 1 aromatic carbocycles. The Morgan fingerprint density at radius 2 is 1.90 bits per heavy atom. The topological polar surface area (TPSA) is 77.2 Å². The Hall–Kier alpha value is -3.10. The molecule has 1 aliphatic carbocycles. The van der Waals surface area contributed by atoms with Gasteiger partial charge in [0.1, 0.15) is 22.5 Å². The van der Waals surface area contributed by atoms with E-state index in [1.807, 2.05) is 20.8 Å². The first-order chi connectivity index (χ1) is 13.9. The number of halogens is 3. The second kappa shape index (κ2) is 7.62. The zero-order valence-electron chi connectivity index (χ0n) is 17.0. The normalized spacial score (nSPS) is 18.2. The molecule has 0 spiro atoms. The molecule has 1 heterocycles. The van der Waals surface area contributed by atoms with Gasteiger partial charge in [-0.3, -0.25) is 0 Å². The molecule has 6 nitrogen and oxygen atoms in total. The number of carbonyl (C=O) groups excluding carboxylic acids is 1. The van der Waals surface area contributed by atoms with Crippen LogP contribution in [0.5, 0.6) is 0 Å². The van der Waals surface area contributed by atoms with Crippen molar-refractivity contribution in [1.29, 1.82) is 0 Å². The molecule has 30 heavy (non-hydrogen) atoms. The molecule has 0 aliphatic heterocycles. The van der Waals surface area contributed by atoms with Crippen LogP contribution in [0.3, 0.4) is 0 Å². The molecule has 0 amide bonds. The van der Waals surface area contributed by atoms with Crippen LogP contribution in [0.25, 0.3) is 16.7 Å². The molecule has 160 valence electrons. The number of rotatable bonds is 3. The fourth-order valence-corrected chi connectivity index (χ4v) is 3.24. The summed E-state index contributed by atoms with van der Waals surface area (Å²) in [5.74, 6) is -0.797. The van der Waals surface area contributed by atoms with Crippen molar-refractivity contribution in [3.63, 3.8) is 0 Å². The first-order valence-corrected chi connectivity index (χ1v) is 9.26. The van der Waals surface area contributed by atoms with E-state index in [-0.39, 0.29) is 28.4 Å². The predicted molar refractivity (Wildman–Crippen MR) is 105 cm³/mol. The Morgan fingerprint density at radius 1 is 1.23 bits per heavy atom. The molecular weight excluding hydrogens is 399 g/mol. The molecule has 1 unspecified atom stereocenters. The SMILES string of the molecule is COC(=O)C=CC1C=C(n2nc3ccc(C(F)(F)F)cc3n2)C(O)=C(C(C)(C)C)C1. The Morgan fingerprint density at radius 3 is 2.50 bits per heavy atom. The number of aliphatic hydroxyl groups is 1. The number of ether oxygens (including phenoxy) is 1. The largest absolute Gasteiger partial charge is 0.506 e. The van der Waals surface area contributed by atoms with Crippen LogP contribution in [0.15, 0.2) is 47.8 Å². The number of hydrogen-bond acceptors (Lipinski definition) is 5. The van der Waals surface area contributed by atoms with E-state index in [1.165, 1.54) is 19.3 Å². The lowest BCUT2D eigenvalue weighted by atomic mass is 9.77. The minimum Gasteiger partial charge on any atom is -0.506 e. The lowest BCUT2D eigenvalue weighted by Crippen LogP contribution is -2.21. The highest BCUT2D eigenvalue weighted by molar-refractivity contribution is 5.82. The maximum Gasteiger partial charge on any atom is 0.416 e. The minimum atomic E-state index is -4.49. The van der Waals surface area contributed by atoms with Gasteiger partial charge in [0, 0.05) is 12.0 Å². The highest BCUT2D eigenvalue weighted by Crippen LogP contribution is 2.40. The van der Waals surface area contributed by atoms with Crippen molar-refractivity contribution in [3.8, 4) is 0 Å². The summed E-state index contributed by atoms with van der Waals surface area (Å²) in [6.07, 6.45) is 0.589. The van der Waals surface area contributed by atoms with Gasteiger partial charge < -0.3 is 9.84 Å². The van der Waals surface area contributed by atoms with Crippen molar-refractivity contribution in [2.75, 3.05) is 7.11 Å². The zero-order valence-corrected chi connectivity index (χ0v) is 17.0. The van der Waals surface area contributed by atoms with E-state index in [4.69, 9.17) is 0 Å². The third kappa shape index (κ3) is 4.39. The van der Waals surface area contributed by atoms with Crippen LogP contribution in [0.4, 0.5) is 13.2 Å². The molecule has 1 aliphatic rings. The van der Waals surface area contributed by atoms with E-state index in [2.05, 4.69) is 14.9 Å². The summed E-state index contributed by atoms with van der Waals surface area (Å²) in [6, 6.07) is 3.10. The lowest BCUT2D eigenvalue weighted by molar-refractivity contribution is -0.137. The highest BCUT2D eigenvalue weighted by Gasteiger charge is 2.32. The molecule has 1 N–H and O–H groups in total. The molecule has 0 radical (unpaired) electrons. The molecule has 0 saturated carbocycles. The third-order valence-corrected chi connectivity index (χ3v) is 4.85. The highest BCUT2D eigenvalue weighted by atomic mass is 19.4. The smallest absolute Gasteiger partial charge is 0.416 e. The molecular formula is C21H22F3N3O3. The predicted octanol–water partition coefficient (Wildman–Crippen LogP) is 4.90. The summed E-state index contributed by atoms with van der Waals surface area (Å²) in [4.78, 5) is 12.6. The minimum absolute atomic E-state index is 0.0263. The van der Waals surface area contributed by atoms with E-state index in [1.54, 1.807) is 12.2 Å². The van der Waals surface area contributed by atoms with E-state index in [0.29, 0.717) is 6.42 Å². The molecule has 1 aromatic heterocycles. The van der Waals surface area contributed by atoms with Crippen LogP contribution in [-0.4, -0.2) is 33.2 Å². The number of hydrogen-bond donors (Lipinski definition) is 1. The summed E-state index contributed by atoms with van der Waals surface area (Å²) in [5, 5.41) is 19.3. The molecule has 0 fully saturated rings. The van der Waals surface area contributed by atoms with Crippen molar-refractivity contribution in [1.82, 2.24) is 15.0 Å². The molecule has 0 saturated heterocycles. The van der Waals surface area contributed by atoms with E-state index in [0.717, 1.165) is 22.5 Å².